The van der Waals surface area contributed by atoms with Crippen LogP contribution in [0.5, 0.6) is 51.7 Å². The van der Waals surface area contributed by atoms with Gasteiger partial charge in [0.25, 0.3) is 10.4 Å². The molecule has 7 N–H and O–H groups in total. The third kappa shape index (κ3) is 4.80. The molecule has 0 aliphatic carbocycles. The smallest absolute Gasteiger partial charge is 0.339 e. The Balaban J connectivity index is 1.84. The largest absolute Gasteiger partial charge is 0.716 e. The molecule has 0 spiro atoms. The molecule has 3 aromatic carbocycles. The van der Waals surface area contributed by atoms with Crippen LogP contribution in [0.4, 0.5) is 0 Å². The highest BCUT2D eigenvalue weighted by atomic mass is 32.3. The molecule has 0 fully saturated rings. The van der Waals surface area contributed by atoms with Crippen LogP contribution in [0.25, 0.3) is 0 Å². The minimum absolute atomic E-state index is 0.394. The number of Topliss-reactive ketones (excluding diaryl/α,β-unsaturated/α-hetero) is 1. The van der Waals surface area contributed by atoms with Crippen LogP contribution in [0, 0.1) is 0 Å². The van der Waals surface area contributed by atoms with Crippen molar-refractivity contribution in [2.75, 3.05) is 0 Å². The summed E-state index contributed by atoms with van der Waals surface area (Å²) in [5, 5.41) is 68.8. The number of benzene rings is 3. The second kappa shape index (κ2) is 9.09. The molecular weight excluding hydrogens is 536 g/mol. The van der Waals surface area contributed by atoms with Crippen LogP contribution in [-0.4, -0.2) is 66.6 Å². The first-order chi connectivity index (χ1) is 17.7. The lowest BCUT2D eigenvalue weighted by Crippen LogP contribution is -2.40. The van der Waals surface area contributed by atoms with E-state index in [4.69, 9.17) is 9.47 Å². The van der Waals surface area contributed by atoms with Crippen LogP contribution < -0.4 is 8.92 Å². The van der Waals surface area contributed by atoms with Gasteiger partial charge in [-0.3, -0.25) is 4.79 Å². The van der Waals surface area contributed by atoms with Crippen molar-refractivity contribution in [3.63, 3.8) is 0 Å². The number of phenols is 7. The fourth-order valence-corrected chi connectivity index (χ4v) is 3.97. The van der Waals surface area contributed by atoms with E-state index in [2.05, 4.69) is 4.18 Å². The van der Waals surface area contributed by atoms with Gasteiger partial charge < -0.3 is 54.0 Å². The molecule has 3 aromatic rings. The predicted octanol–water partition coefficient (Wildman–Crippen LogP) is 1.01. The number of hydrogen-bond donors (Lipinski definition) is 7. The van der Waals surface area contributed by atoms with E-state index >= 15 is 0 Å². The Morgan fingerprint density at radius 1 is 0.842 bits per heavy atom. The summed E-state index contributed by atoms with van der Waals surface area (Å²) in [5.41, 5.74) is -1.50. The van der Waals surface area contributed by atoms with Crippen molar-refractivity contribution in [1.29, 1.82) is 0 Å². The standard InChI is InChI=1S/C22H16O15S/c23-9-5-10(24)16-14(6-9)35-20(7-1-13(27)18(29)15(4-7)37-38(32,33)34)21(19(16)30)36-22(31)8-2-11(25)17(28)12(26)3-8/h1-6,20-21,23-29H,(H,32,33,34)/p-1/t20-,21+/m1/s1. The molecule has 1 aliphatic rings. The van der Waals surface area contributed by atoms with Gasteiger partial charge in [0.05, 0.1) is 5.56 Å². The lowest BCUT2D eigenvalue weighted by Gasteiger charge is -2.33. The van der Waals surface area contributed by atoms with Crippen molar-refractivity contribution in [3.05, 3.63) is 53.1 Å². The molecule has 0 saturated heterocycles. The van der Waals surface area contributed by atoms with Crippen molar-refractivity contribution < 1.29 is 72.0 Å². The first-order valence-electron chi connectivity index (χ1n) is 10.1. The van der Waals surface area contributed by atoms with Gasteiger partial charge in [0.15, 0.2) is 34.9 Å². The summed E-state index contributed by atoms with van der Waals surface area (Å²) in [6, 6.07) is 4.52. The van der Waals surface area contributed by atoms with Gasteiger partial charge >= 0.3 is 5.97 Å². The molecule has 0 bridgehead atoms. The Morgan fingerprint density at radius 2 is 1.45 bits per heavy atom. The van der Waals surface area contributed by atoms with E-state index in [0.29, 0.717) is 18.2 Å². The van der Waals surface area contributed by atoms with E-state index in [1.807, 2.05) is 0 Å². The monoisotopic (exact) mass is 551 g/mol. The average molecular weight is 551 g/mol. The normalized spacial score (nSPS) is 16.8. The molecule has 38 heavy (non-hydrogen) atoms. The molecular formula is C22H15O15S-. The average Bonchev–Trinajstić information content (AvgIpc) is 2.80. The maximum Gasteiger partial charge on any atom is 0.339 e. The number of ketones is 1. The SMILES string of the molecule is O=C(O[C@H]1C(=O)c2c(O)cc(O)cc2O[C@@H]1c1cc(O)c(O)c(OS(=O)(=O)[O-])c1)c1cc(O)c(O)c(O)c1. The molecule has 4 rings (SSSR count). The van der Waals surface area contributed by atoms with Gasteiger partial charge in [-0.15, -0.1) is 0 Å². The van der Waals surface area contributed by atoms with Crippen LogP contribution in [0.3, 0.4) is 0 Å². The molecule has 16 heteroatoms. The minimum Gasteiger partial charge on any atom is -0.716 e. The van der Waals surface area contributed by atoms with E-state index in [-0.39, 0.29) is 0 Å². The lowest BCUT2D eigenvalue weighted by molar-refractivity contribution is -0.0102. The number of rotatable bonds is 5. The zero-order valence-electron chi connectivity index (χ0n) is 18.4. The molecule has 15 nitrogen and oxygen atoms in total. The highest BCUT2D eigenvalue weighted by molar-refractivity contribution is 7.81. The van der Waals surface area contributed by atoms with Crippen LogP contribution in [0.2, 0.25) is 0 Å². The first kappa shape index (κ1) is 26.0. The fourth-order valence-electron chi connectivity index (χ4n) is 3.62. The molecule has 200 valence electrons. The van der Waals surface area contributed by atoms with Crippen molar-refractivity contribution in [2.24, 2.45) is 0 Å². The van der Waals surface area contributed by atoms with E-state index in [0.717, 1.165) is 18.2 Å². The lowest BCUT2D eigenvalue weighted by atomic mass is 9.92. The molecule has 2 atom stereocenters. The zero-order chi connectivity index (χ0) is 28.1. The predicted molar refractivity (Wildman–Crippen MR) is 118 cm³/mol. The third-order valence-electron chi connectivity index (χ3n) is 5.24. The molecule has 0 saturated carbocycles. The van der Waals surface area contributed by atoms with Gasteiger partial charge in [0.2, 0.25) is 17.6 Å². The van der Waals surface area contributed by atoms with E-state index in [9.17, 15) is 58.3 Å². The summed E-state index contributed by atoms with van der Waals surface area (Å²) < 4.78 is 48.1. The van der Waals surface area contributed by atoms with E-state index in [1.54, 1.807) is 0 Å². The quantitative estimate of drug-likeness (QED) is 0.101. The number of ether oxygens (including phenoxy) is 2. The van der Waals surface area contributed by atoms with Gasteiger partial charge in [-0.05, 0) is 24.3 Å². The molecule has 0 amide bonds. The molecule has 0 unspecified atom stereocenters. The number of carbonyl (C=O) groups is 2. The number of hydrogen-bond acceptors (Lipinski definition) is 15. The summed E-state index contributed by atoms with van der Waals surface area (Å²) in [6.45, 7) is 0. The molecule has 0 radical (unpaired) electrons. The highest BCUT2D eigenvalue weighted by Gasteiger charge is 2.44. The summed E-state index contributed by atoms with van der Waals surface area (Å²) >= 11 is 0. The first-order valence-corrected chi connectivity index (χ1v) is 11.4. The molecule has 1 heterocycles. The van der Waals surface area contributed by atoms with Gasteiger partial charge in [0, 0.05) is 17.7 Å². The van der Waals surface area contributed by atoms with Crippen molar-refractivity contribution in [3.8, 4) is 51.7 Å². The second-order valence-electron chi connectivity index (χ2n) is 7.81. The Kier molecular flexibility index (Phi) is 6.22. The topological polar surface area (TPSA) is 261 Å². The second-order valence-corrected chi connectivity index (χ2v) is 8.79. The van der Waals surface area contributed by atoms with Gasteiger partial charge in [-0.1, -0.05) is 0 Å². The molecule has 1 aliphatic heterocycles. The van der Waals surface area contributed by atoms with Crippen LogP contribution in [-0.2, 0) is 15.1 Å². The van der Waals surface area contributed by atoms with Crippen molar-refractivity contribution >= 4 is 22.2 Å². The van der Waals surface area contributed by atoms with Crippen LogP contribution >= 0.6 is 0 Å². The Labute approximate surface area is 211 Å². The van der Waals surface area contributed by atoms with Crippen molar-refractivity contribution in [1.82, 2.24) is 0 Å². The number of aromatic hydroxyl groups is 7. The fraction of sp³-hybridized carbons (Fsp3) is 0.0909. The van der Waals surface area contributed by atoms with E-state index < -0.39 is 103 Å². The Bertz CT molecular complexity index is 1570. The Hall–Kier alpha value is -5.09. The van der Waals surface area contributed by atoms with Crippen molar-refractivity contribution in [2.45, 2.75) is 12.2 Å². The highest BCUT2D eigenvalue weighted by Crippen LogP contribution is 2.46. The Morgan fingerprint density at radius 3 is 2.05 bits per heavy atom. The van der Waals surface area contributed by atoms with Gasteiger partial charge in [0.1, 0.15) is 22.8 Å². The number of fused-ring (bicyclic) bond motifs is 1. The third-order valence-corrected chi connectivity index (χ3v) is 5.62. The maximum atomic E-state index is 13.3. The number of phenolic OH excluding ortho intramolecular Hbond substituents is 7. The summed E-state index contributed by atoms with van der Waals surface area (Å²) in [7, 11) is -5.46. The minimum atomic E-state index is -5.46. The summed E-state index contributed by atoms with van der Waals surface area (Å²) in [5.74, 6) is -10.3. The van der Waals surface area contributed by atoms with Gasteiger partial charge in [-0.2, -0.15) is 0 Å². The maximum absolute atomic E-state index is 13.3. The van der Waals surface area contributed by atoms with E-state index in [1.165, 1.54) is 0 Å². The van der Waals surface area contributed by atoms with Crippen LogP contribution in [0.15, 0.2) is 36.4 Å². The van der Waals surface area contributed by atoms with Gasteiger partial charge in [-0.25, -0.2) is 13.2 Å². The number of esters is 1. The number of carbonyl (C=O) groups excluding carboxylic acids is 2. The zero-order valence-corrected chi connectivity index (χ0v) is 19.2. The summed E-state index contributed by atoms with van der Waals surface area (Å²) in [6.07, 6.45) is -3.83. The summed E-state index contributed by atoms with van der Waals surface area (Å²) in [4.78, 5) is 26.1. The molecule has 0 aromatic heterocycles. The van der Waals surface area contributed by atoms with Crippen LogP contribution in [0.1, 0.15) is 32.4 Å².